The molecule has 0 radical (unpaired) electrons. The number of rotatable bonds is 4. The molecule has 1 N–H and O–H groups in total. The van der Waals surface area contributed by atoms with Gasteiger partial charge in [-0.15, -0.1) is 0 Å². The van der Waals surface area contributed by atoms with Crippen LogP contribution in [0.3, 0.4) is 0 Å². The van der Waals surface area contributed by atoms with Gasteiger partial charge in [0.25, 0.3) is 0 Å². The highest BCUT2D eigenvalue weighted by molar-refractivity contribution is 7.91. The van der Waals surface area contributed by atoms with Crippen molar-refractivity contribution in [2.75, 3.05) is 29.5 Å². The topological polar surface area (TPSA) is 95.2 Å². The van der Waals surface area contributed by atoms with Crippen molar-refractivity contribution in [3.63, 3.8) is 0 Å². The maximum absolute atomic E-state index is 13.8. The summed E-state index contributed by atoms with van der Waals surface area (Å²) in [5.41, 5.74) is 0.245. The number of anilines is 1. The number of aromatic hydroxyl groups is 1. The van der Waals surface area contributed by atoms with E-state index in [2.05, 4.69) is 15.2 Å². The van der Waals surface area contributed by atoms with Gasteiger partial charge in [-0.25, -0.2) is 8.42 Å². The number of thiazole rings is 1. The third-order valence-electron chi connectivity index (χ3n) is 5.97. The number of sulfone groups is 1. The smallest absolute Gasteiger partial charge is 0.416 e. The van der Waals surface area contributed by atoms with Crippen LogP contribution in [0, 0.1) is 0 Å². The summed E-state index contributed by atoms with van der Waals surface area (Å²) >= 11 is 6.97. The highest BCUT2D eigenvalue weighted by Crippen LogP contribution is 2.39. The molecule has 5 rings (SSSR count). The summed E-state index contributed by atoms with van der Waals surface area (Å²) < 4.78 is 65.1. The van der Waals surface area contributed by atoms with Gasteiger partial charge in [0.1, 0.15) is 0 Å². The predicted molar refractivity (Wildman–Crippen MR) is 132 cm³/mol. The van der Waals surface area contributed by atoms with Gasteiger partial charge >= 0.3 is 6.18 Å². The molecule has 7 nitrogen and oxygen atoms in total. The van der Waals surface area contributed by atoms with Crippen molar-refractivity contribution in [2.45, 2.75) is 12.6 Å². The largest absolute Gasteiger partial charge is 0.492 e. The maximum atomic E-state index is 13.8. The summed E-state index contributed by atoms with van der Waals surface area (Å²) in [6.45, 7) is 0.437. The van der Waals surface area contributed by atoms with Crippen LogP contribution in [0.15, 0.2) is 46.6 Å². The first-order chi connectivity index (χ1) is 17.0. The van der Waals surface area contributed by atoms with Crippen LogP contribution in [0.4, 0.5) is 18.3 Å². The SMILES string of the molecule is O=S1(=O)CCN(c2nc(O)c(C(Cc3ccc(Cl)cc3C(F)(F)F)=c3ccc4c(c3)C=NN=4)s2)CC1. The Balaban J connectivity index is 1.64. The molecule has 0 amide bonds. The molecule has 0 atom stereocenters. The lowest BCUT2D eigenvalue weighted by Gasteiger charge is -2.25. The number of aromatic nitrogens is 1. The zero-order valence-electron chi connectivity index (χ0n) is 18.5. The second-order valence-corrected chi connectivity index (χ2v) is 12.1. The van der Waals surface area contributed by atoms with Crippen molar-refractivity contribution in [1.82, 2.24) is 4.98 Å². The first-order valence-corrected chi connectivity index (χ1v) is 13.8. The standard InChI is InChI=1S/C23H18ClF3N4O3S2/c24-16-3-1-14(18(11-16)23(25,26)27)10-17(13-2-4-19-15(9-13)12-28-30-19)20-21(32)29-22(35-20)31-5-7-36(33,34)8-6-31/h1-4,9,11-12,32H,5-8,10H2. The summed E-state index contributed by atoms with van der Waals surface area (Å²) in [4.78, 5) is 6.28. The minimum Gasteiger partial charge on any atom is -0.492 e. The molecule has 36 heavy (non-hydrogen) atoms. The van der Waals surface area contributed by atoms with Crippen molar-refractivity contribution >= 4 is 49.7 Å². The highest BCUT2D eigenvalue weighted by atomic mass is 35.5. The Morgan fingerprint density at radius 2 is 1.89 bits per heavy atom. The van der Waals surface area contributed by atoms with Crippen LogP contribution in [0.1, 0.15) is 21.6 Å². The van der Waals surface area contributed by atoms with Gasteiger partial charge in [0.05, 0.1) is 33.5 Å². The van der Waals surface area contributed by atoms with Gasteiger partial charge in [-0.1, -0.05) is 35.1 Å². The third kappa shape index (κ3) is 4.97. The van der Waals surface area contributed by atoms with Crippen LogP contribution >= 0.6 is 22.9 Å². The first-order valence-electron chi connectivity index (χ1n) is 10.8. The molecule has 0 bridgehead atoms. The Kier molecular flexibility index (Phi) is 6.29. The number of nitrogens with zero attached hydrogens (tertiary/aromatic N) is 4. The van der Waals surface area contributed by atoms with Crippen molar-refractivity contribution in [3.05, 3.63) is 73.6 Å². The van der Waals surface area contributed by atoms with Gasteiger partial charge in [0.15, 0.2) is 15.0 Å². The third-order valence-corrected chi connectivity index (χ3v) is 8.98. The number of alkyl halides is 3. The van der Waals surface area contributed by atoms with E-state index in [1.54, 1.807) is 29.3 Å². The number of hydrogen-bond donors (Lipinski definition) is 1. The Bertz CT molecular complexity index is 1600. The van der Waals surface area contributed by atoms with Gasteiger partial charge in [-0.05, 0) is 40.6 Å². The van der Waals surface area contributed by atoms with Crippen LogP contribution < -0.4 is 15.5 Å². The van der Waals surface area contributed by atoms with E-state index in [0.717, 1.165) is 17.4 Å². The van der Waals surface area contributed by atoms with E-state index in [9.17, 15) is 26.7 Å². The lowest BCUT2D eigenvalue weighted by Crippen LogP contribution is -2.40. The molecular weight excluding hydrogens is 537 g/mol. The van der Waals surface area contributed by atoms with Crippen LogP contribution in [-0.2, 0) is 22.4 Å². The van der Waals surface area contributed by atoms with Gasteiger partial charge < -0.3 is 10.0 Å². The Morgan fingerprint density at radius 1 is 1.14 bits per heavy atom. The van der Waals surface area contributed by atoms with Crippen LogP contribution in [0.2, 0.25) is 5.02 Å². The molecule has 0 saturated carbocycles. The second-order valence-electron chi connectivity index (χ2n) is 8.36. The molecule has 0 unspecified atom stereocenters. The molecule has 1 fully saturated rings. The summed E-state index contributed by atoms with van der Waals surface area (Å²) in [5, 5.41) is 20.2. The lowest BCUT2D eigenvalue weighted by atomic mass is 9.96. The molecule has 2 aromatic carbocycles. The second kappa shape index (κ2) is 9.16. The maximum Gasteiger partial charge on any atom is 0.416 e. The van der Waals surface area contributed by atoms with Crippen molar-refractivity contribution in [2.24, 2.45) is 10.2 Å². The molecule has 2 aliphatic heterocycles. The minimum absolute atomic E-state index is 0.0147. The number of fused-ring (bicyclic) bond motifs is 1. The summed E-state index contributed by atoms with van der Waals surface area (Å²) in [5.74, 6) is -0.404. The molecule has 2 aliphatic rings. The molecule has 13 heteroatoms. The van der Waals surface area contributed by atoms with Gasteiger partial charge in [0.2, 0.25) is 5.88 Å². The Morgan fingerprint density at radius 3 is 2.61 bits per heavy atom. The first kappa shape index (κ1) is 24.7. The minimum atomic E-state index is -4.63. The van der Waals surface area contributed by atoms with Crippen LogP contribution in [0.5, 0.6) is 5.88 Å². The normalized spacial score (nSPS) is 17.6. The van der Waals surface area contributed by atoms with E-state index >= 15 is 0 Å². The van der Waals surface area contributed by atoms with E-state index in [-0.39, 0.29) is 47.5 Å². The van der Waals surface area contributed by atoms with E-state index in [4.69, 9.17) is 11.6 Å². The molecular formula is C23H18ClF3N4O3S2. The number of hydrogen-bond acceptors (Lipinski definition) is 8. The molecule has 3 aromatic rings. The van der Waals surface area contributed by atoms with Gasteiger partial charge in [-0.3, -0.25) is 0 Å². The fourth-order valence-corrected chi connectivity index (χ4v) is 6.55. The molecule has 0 spiro atoms. The quantitative estimate of drug-likeness (QED) is 0.534. The van der Waals surface area contributed by atoms with Crippen molar-refractivity contribution in [3.8, 4) is 5.88 Å². The van der Waals surface area contributed by atoms with E-state index in [0.29, 0.717) is 31.7 Å². The van der Waals surface area contributed by atoms with E-state index in [1.807, 2.05) is 0 Å². The molecule has 1 saturated heterocycles. The Hall–Kier alpha value is -2.96. The van der Waals surface area contributed by atoms with Gasteiger partial charge in [0, 0.05) is 30.1 Å². The predicted octanol–water partition coefficient (Wildman–Crippen LogP) is 3.16. The summed E-state index contributed by atoms with van der Waals surface area (Å²) in [6.07, 6.45) is -3.25. The molecule has 3 heterocycles. The fraction of sp³-hybridized carbons (Fsp3) is 0.261. The van der Waals surface area contributed by atoms with Crippen molar-refractivity contribution in [1.29, 1.82) is 0 Å². The number of halogens is 4. The number of benzene rings is 2. The lowest BCUT2D eigenvalue weighted by molar-refractivity contribution is -0.138. The monoisotopic (exact) mass is 554 g/mol. The fourth-order valence-electron chi connectivity index (χ4n) is 4.10. The zero-order chi connectivity index (χ0) is 25.7. The Labute approximate surface area is 212 Å². The molecule has 1 aromatic heterocycles. The molecule has 188 valence electrons. The van der Waals surface area contributed by atoms with Gasteiger partial charge in [-0.2, -0.15) is 28.4 Å². The summed E-state index contributed by atoms with van der Waals surface area (Å²) in [7, 11) is -3.13. The van der Waals surface area contributed by atoms with E-state index < -0.39 is 21.6 Å². The van der Waals surface area contributed by atoms with E-state index in [1.165, 1.54) is 12.1 Å². The average molecular weight is 555 g/mol. The average Bonchev–Trinajstić information content (AvgIpc) is 3.43. The zero-order valence-corrected chi connectivity index (χ0v) is 20.8. The van der Waals surface area contributed by atoms with Crippen molar-refractivity contribution < 1.29 is 26.7 Å². The molecule has 0 aliphatic carbocycles. The highest BCUT2D eigenvalue weighted by Gasteiger charge is 2.34. The van der Waals surface area contributed by atoms with Crippen LogP contribution in [-0.4, -0.2) is 49.3 Å². The summed E-state index contributed by atoms with van der Waals surface area (Å²) in [6, 6.07) is 8.77. The van der Waals surface area contributed by atoms with Crippen LogP contribution in [0.25, 0.3) is 5.57 Å².